The first-order valence-corrected chi connectivity index (χ1v) is 12.4. The van der Waals surface area contributed by atoms with Crippen molar-refractivity contribution in [3.63, 3.8) is 0 Å². The summed E-state index contributed by atoms with van der Waals surface area (Å²) in [6.07, 6.45) is -0.618. The Balaban J connectivity index is 2.01. The number of carboxylic acids is 1. The van der Waals surface area contributed by atoms with Gasteiger partial charge in [-0.1, -0.05) is 56.3 Å². The largest absolute Gasteiger partial charge is 0.480 e. The molecule has 0 saturated carbocycles. The highest BCUT2D eigenvalue weighted by atomic mass is 16.4. The minimum Gasteiger partial charge on any atom is -0.480 e. The van der Waals surface area contributed by atoms with Crippen LogP contribution in [0.15, 0.2) is 64.2 Å². The molecule has 3 rings (SSSR count). The maximum Gasteiger partial charge on any atom is 0.329 e. The fourth-order valence-corrected chi connectivity index (χ4v) is 4.24. The summed E-state index contributed by atoms with van der Waals surface area (Å²) in [6.45, 7) is 3.55. The fraction of sp³-hybridized carbons (Fsp3) is 0.333. The van der Waals surface area contributed by atoms with Crippen LogP contribution in [0.4, 0.5) is 0 Å². The van der Waals surface area contributed by atoms with Crippen LogP contribution in [0.5, 0.6) is 0 Å². The summed E-state index contributed by atoms with van der Waals surface area (Å²) in [6, 6.07) is 10.7. The van der Waals surface area contributed by atoms with E-state index in [1.54, 1.807) is 62.4 Å². The van der Waals surface area contributed by atoms with E-state index in [0.717, 1.165) is 4.57 Å². The number of H-pyrrole nitrogens is 1. The van der Waals surface area contributed by atoms with E-state index in [1.165, 1.54) is 6.07 Å². The van der Waals surface area contributed by atoms with E-state index in [-0.39, 0.29) is 24.1 Å². The third kappa shape index (κ3) is 7.40. The monoisotopic (exact) mass is 537 g/mol. The zero-order chi connectivity index (χ0) is 28.7. The quantitative estimate of drug-likeness (QED) is 0.221. The number of amides is 3. The third-order valence-corrected chi connectivity index (χ3v) is 6.08. The zero-order valence-electron chi connectivity index (χ0n) is 21.5. The second-order valence-corrected chi connectivity index (χ2v) is 9.62. The van der Waals surface area contributed by atoms with Gasteiger partial charge in [0, 0.05) is 6.42 Å². The molecule has 0 aliphatic heterocycles. The summed E-state index contributed by atoms with van der Waals surface area (Å²) in [7, 11) is 0. The van der Waals surface area contributed by atoms with Crippen molar-refractivity contribution in [1.29, 1.82) is 0 Å². The molecule has 0 bridgehead atoms. The maximum atomic E-state index is 13.6. The number of aliphatic carboxylic acids is 1. The van der Waals surface area contributed by atoms with Gasteiger partial charge in [-0.15, -0.1) is 0 Å². The van der Waals surface area contributed by atoms with Crippen LogP contribution in [0, 0.1) is 5.92 Å². The first-order valence-electron chi connectivity index (χ1n) is 12.4. The average Bonchev–Trinajstić information content (AvgIpc) is 2.87. The molecule has 2 aromatic carbocycles. The van der Waals surface area contributed by atoms with Crippen molar-refractivity contribution in [3.8, 4) is 0 Å². The Labute approximate surface area is 223 Å². The smallest absolute Gasteiger partial charge is 0.329 e. The standard InChI is InChI=1S/C27H31N5O7/c1-15(2)12-20(26(37)38)30-23(34)19(14-22(28)33)29-24(35)21(13-16-8-4-3-5-9-16)32-25(36)17-10-6-7-11-18(17)31-27(32)39/h3-11,15,19-21H,12-14H2,1-2H3,(H2,28,33)(H,29,35)(H,30,34)(H,31,39)(H,37,38)/t19-,20+,21-/m0/s1. The molecule has 1 heterocycles. The van der Waals surface area contributed by atoms with E-state index >= 15 is 0 Å². The summed E-state index contributed by atoms with van der Waals surface area (Å²) >= 11 is 0. The summed E-state index contributed by atoms with van der Waals surface area (Å²) < 4.78 is 0.767. The van der Waals surface area contributed by atoms with E-state index in [0.29, 0.717) is 11.1 Å². The van der Waals surface area contributed by atoms with E-state index < -0.39 is 59.5 Å². The summed E-state index contributed by atoms with van der Waals surface area (Å²) in [5, 5.41) is 14.4. The summed E-state index contributed by atoms with van der Waals surface area (Å²) in [4.78, 5) is 79.0. The molecule has 3 aromatic rings. The topological polar surface area (TPSA) is 193 Å². The Hall–Kier alpha value is -4.74. The maximum absolute atomic E-state index is 13.6. The normalized spacial score (nSPS) is 13.4. The third-order valence-electron chi connectivity index (χ3n) is 6.08. The van der Waals surface area contributed by atoms with Crippen LogP contribution in [0.1, 0.15) is 38.3 Å². The van der Waals surface area contributed by atoms with Crippen molar-refractivity contribution >= 4 is 34.6 Å². The summed E-state index contributed by atoms with van der Waals surface area (Å²) in [5.41, 5.74) is 4.66. The zero-order valence-corrected chi connectivity index (χ0v) is 21.5. The molecule has 0 radical (unpaired) electrons. The molecule has 3 atom stereocenters. The molecule has 0 saturated heterocycles. The number of nitrogens with one attached hydrogen (secondary N) is 3. The van der Waals surface area contributed by atoms with Gasteiger partial charge in [-0.3, -0.25) is 19.2 Å². The number of nitrogens with two attached hydrogens (primary N) is 1. The van der Waals surface area contributed by atoms with Gasteiger partial charge in [0.1, 0.15) is 18.1 Å². The first kappa shape index (κ1) is 28.8. The van der Waals surface area contributed by atoms with Gasteiger partial charge >= 0.3 is 11.7 Å². The van der Waals surface area contributed by atoms with Gasteiger partial charge in [0.25, 0.3) is 5.56 Å². The number of aromatic amines is 1. The lowest BCUT2D eigenvalue weighted by atomic mass is 10.0. The predicted octanol–water partition coefficient (Wildman–Crippen LogP) is 0.449. The Kier molecular flexibility index (Phi) is 9.37. The SMILES string of the molecule is CC(C)C[C@@H](NC(=O)[C@H](CC(N)=O)NC(=O)[C@H](Cc1ccccc1)n1c(=O)[nH]c2ccccc2c1=O)C(=O)O. The van der Waals surface area contributed by atoms with E-state index in [4.69, 9.17) is 5.73 Å². The lowest BCUT2D eigenvalue weighted by Crippen LogP contribution is -2.55. The average molecular weight is 538 g/mol. The number of carbonyl (C=O) groups is 4. The lowest BCUT2D eigenvalue weighted by molar-refractivity contribution is -0.142. The number of rotatable bonds is 12. The number of hydrogen-bond acceptors (Lipinski definition) is 6. The van der Waals surface area contributed by atoms with Crippen LogP contribution in [0.3, 0.4) is 0 Å². The number of nitrogens with zero attached hydrogens (tertiary/aromatic N) is 1. The molecule has 12 nitrogen and oxygen atoms in total. The van der Waals surface area contributed by atoms with Crippen molar-refractivity contribution in [1.82, 2.24) is 20.2 Å². The molecule has 0 spiro atoms. The van der Waals surface area contributed by atoms with Crippen LogP contribution in [-0.2, 0) is 25.6 Å². The summed E-state index contributed by atoms with van der Waals surface area (Å²) in [5.74, 6) is -4.12. The van der Waals surface area contributed by atoms with Crippen molar-refractivity contribution in [2.45, 2.75) is 51.2 Å². The van der Waals surface area contributed by atoms with Crippen LogP contribution in [-0.4, -0.2) is 50.4 Å². The van der Waals surface area contributed by atoms with E-state index in [2.05, 4.69) is 15.6 Å². The highest BCUT2D eigenvalue weighted by Crippen LogP contribution is 2.15. The van der Waals surface area contributed by atoms with Crippen molar-refractivity contribution in [3.05, 3.63) is 81.0 Å². The Morgan fingerprint density at radius 1 is 0.923 bits per heavy atom. The molecule has 0 aliphatic carbocycles. The molecule has 1 aromatic heterocycles. The number of fused-ring (bicyclic) bond motifs is 1. The number of benzene rings is 2. The number of carboxylic acid groups (broad SMARTS) is 1. The molecule has 6 N–H and O–H groups in total. The molecular formula is C27H31N5O7. The van der Waals surface area contributed by atoms with Crippen LogP contribution >= 0.6 is 0 Å². The molecular weight excluding hydrogens is 506 g/mol. The van der Waals surface area contributed by atoms with Crippen molar-refractivity contribution < 1.29 is 24.3 Å². The van der Waals surface area contributed by atoms with Gasteiger partial charge < -0.3 is 26.5 Å². The molecule has 0 aliphatic rings. The number of para-hydroxylation sites is 1. The minimum atomic E-state index is -1.54. The highest BCUT2D eigenvalue weighted by molar-refractivity contribution is 5.94. The second-order valence-electron chi connectivity index (χ2n) is 9.62. The van der Waals surface area contributed by atoms with E-state index in [1.807, 2.05) is 0 Å². The second kappa shape index (κ2) is 12.7. The molecule has 206 valence electrons. The number of primary amides is 1. The number of aromatic nitrogens is 2. The van der Waals surface area contributed by atoms with Gasteiger partial charge in [-0.05, 0) is 30.0 Å². The van der Waals surface area contributed by atoms with E-state index in [9.17, 15) is 33.9 Å². The van der Waals surface area contributed by atoms with Gasteiger partial charge in [0.05, 0.1) is 17.3 Å². The Bertz CT molecular complexity index is 1480. The van der Waals surface area contributed by atoms with Gasteiger partial charge in [0.15, 0.2) is 0 Å². The molecule has 0 unspecified atom stereocenters. The lowest BCUT2D eigenvalue weighted by Gasteiger charge is -2.24. The van der Waals surface area contributed by atoms with Crippen molar-refractivity contribution in [2.24, 2.45) is 11.7 Å². The molecule has 39 heavy (non-hydrogen) atoms. The van der Waals surface area contributed by atoms with Gasteiger partial charge in [0.2, 0.25) is 17.7 Å². The predicted molar refractivity (Wildman–Crippen MR) is 143 cm³/mol. The minimum absolute atomic E-state index is 0.0719. The van der Waals surface area contributed by atoms with Crippen molar-refractivity contribution in [2.75, 3.05) is 0 Å². The van der Waals surface area contributed by atoms with Gasteiger partial charge in [-0.2, -0.15) is 0 Å². The first-order chi connectivity index (χ1) is 18.5. The Morgan fingerprint density at radius 2 is 1.54 bits per heavy atom. The Morgan fingerprint density at radius 3 is 2.15 bits per heavy atom. The molecule has 12 heteroatoms. The fourth-order valence-electron chi connectivity index (χ4n) is 4.24. The van der Waals surface area contributed by atoms with Crippen LogP contribution in [0.2, 0.25) is 0 Å². The van der Waals surface area contributed by atoms with Crippen LogP contribution in [0.25, 0.3) is 10.9 Å². The van der Waals surface area contributed by atoms with Crippen LogP contribution < -0.4 is 27.6 Å². The number of carbonyl (C=O) groups excluding carboxylic acids is 3. The molecule has 0 fully saturated rings. The number of hydrogen-bond donors (Lipinski definition) is 5. The van der Waals surface area contributed by atoms with Gasteiger partial charge in [-0.25, -0.2) is 14.2 Å². The highest BCUT2D eigenvalue weighted by Gasteiger charge is 2.32. The molecule has 3 amide bonds.